The van der Waals surface area contributed by atoms with Crippen LogP contribution in [0.2, 0.25) is 0 Å². The Morgan fingerprint density at radius 1 is 1.00 bits per heavy atom. The highest BCUT2D eigenvalue weighted by Gasteiger charge is 1.88. The third-order valence-electron chi connectivity index (χ3n) is 0.416. The van der Waals surface area contributed by atoms with E-state index in [0.29, 0.717) is 0 Å². The van der Waals surface area contributed by atoms with Crippen LogP contribution in [0.1, 0.15) is 60.2 Å². The van der Waals surface area contributed by atoms with Crippen molar-refractivity contribution in [2.45, 2.75) is 38.2 Å². The summed E-state index contributed by atoms with van der Waals surface area (Å²) in [5, 5.41) is 5.96. The number of alkyl halides is 1. The first-order valence-electron chi connectivity index (χ1n) is 10.2. The van der Waals surface area contributed by atoms with Gasteiger partial charge in [0.2, 0.25) is 0 Å². The molecule has 62 valence electrons. The van der Waals surface area contributed by atoms with Gasteiger partial charge in [0, 0.05) is 31.0 Å². The van der Waals surface area contributed by atoms with Crippen LogP contribution in [0.5, 0.6) is 0 Å². The van der Waals surface area contributed by atoms with Crippen molar-refractivity contribution in [1.29, 1.82) is 0 Å². The molecule has 0 aromatic heterocycles. The van der Waals surface area contributed by atoms with E-state index in [0.717, 1.165) is 0 Å². The Bertz CT molecular complexity index is 479. The van der Waals surface area contributed by atoms with Crippen molar-refractivity contribution in [2.75, 3.05) is 11.8 Å². The normalized spacial score (nSPS) is 45.4. The van der Waals surface area contributed by atoms with E-state index in [1.54, 1.807) is 0 Å². The quantitative estimate of drug-likeness (QED) is 0.660. The van der Waals surface area contributed by atoms with Crippen LogP contribution in [-0.2, 0) is 0 Å². The summed E-state index contributed by atoms with van der Waals surface area (Å²) >= 11 is 2.18. The zero-order valence-corrected chi connectivity index (χ0v) is 6.41. The lowest BCUT2D eigenvalue weighted by Gasteiger charge is -1.97. The van der Waals surface area contributed by atoms with E-state index in [9.17, 15) is 5.11 Å². The van der Waals surface area contributed by atoms with Crippen LogP contribution < -0.4 is 0 Å². The van der Waals surface area contributed by atoms with Gasteiger partial charge in [-0.3, -0.25) is 0 Å². The second kappa shape index (κ2) is 9.44. The van der Waals surface area contributed by atoms with Crippen molar-refractivity contribution in [3.8, 4) is 0 Å². The smallest absolute Gasteiger partial charge is 0.0564 e. The number of aliphatic hydroxyl groups is 1. The zero-order valence-electron chi connectivity index (χ0n) is 20.8. The van der Waals surface area contributed by atoms with Crippen molar-refractivity contribution in [2.24, 2.45) is 0 Å². The average molecular weight is 225 g/mol. The first-order valence-corrected chi connectivity index (χ1v) is 2.96. The molecule has 0 fully saturated rings. The molecule has 0 aliphatic carbocycles. The Hall–Kier alpha value is 0.440. The standard InChI is InChI=1S/C8H17BrO/c9-7-5-3-1-2-4-6-8-10/h10H,1-8H2/i1D2,2D2,3D2,4D2,5D2,6D2,7D2,8D2. The lowest BCUT2D eigenvalue weighted by Crippen LogP contribution is -1.83. The van der Waals surface area contributed by atoms with Gasteiger partial charge in [-0.15, -0.1) is 0 Å². The zero-order chi connectivity index (χ0) is 22.0. The number of rotatable bonds is 7. The monoisotopic (exact) mass is 224 g/mol. The van der Waals surface area contributed by atoms with E-state index in [2.05, 4.69) is 15.9 Å². The van der Waals surface area contributed by atoms with E-state index in [-0.39, 0.29) is 0 Å². The molecule has 0 aliphatic heterocycles. The predicted octanol–water partition coefficient (Wildman–Crippen LogP) is 2.71. The van der Waals surface area contributed by atoms with E-state index in [1.165, 1.54) is 0 Å². The van der Waals surface area contributed by atoms with Crippen molar-refractivity contribution < 1.29 is 27.0 Å². The summed E-state index contributed by atoms with van der Waals surface area (Å²) in [5.41, 5.74) is 0. The summed E-state index contributed by atoms with van der Waals surface area (Å²) in [6, 6.07) is 0. The van der Waals surface area contributed by atoms with Gasteiger partial charge in [0.05, 0.1) is 2.74 Å². The minimum Gasteiger partial charge on any atom is -0.396 e. The van der Waals surface area contributed by atoms with Crippen LogP contribution in [-0.4, -0.2) is 16.9 Å². The molecule has 0 radical (unpaired) electrons. The fourth-order valence-electron chi connectivity index (χ4n) is 0.177. The molecule has 2 heteroatoms. The maximum atomic E-state index is 9.20. The van der Waals surface area contributed by atoms with Gasteiger partial charge < -0.3 is 5.11 Å². The molecule has 0 aromatic carbocycles. The van der Waals surface area contributed by atoms with Gasteiger partial charge in [-0.05, 0) is 12.7 Å². The summed E-state index contributed by atoms with van der Waals surface area (Å²) < 4.78 is 119. The van der Waals surface area contributed by atoms with Gasteiger partial charge in [-0.2, -0.15) is 0 Å². The molecule has 0 atom stereocenters. The van der Waals surface area contributed by atoms with Crippen LogP contribution in [0, 0.1) is 0 Å². The van der Waals surface area contributed by atoms with Gasteiger partial charge in [-0.25, -0.2) is 0 Å². The lowest BCUT2D eigenvalue weighted by atomic mass is 10.1. The third kappa shape index (κ3) is 8.44. The summed E-state index contributed by atoms with van der Waals surface area (Å²) in [5.74, 6) is 0. The summed E-state index contributed by atoms with van der Waals surface area (Å²) in [6.07, 6.45) is -24.7. The van der Waals surface area contributed by atoms with E-state index in [1.807, 2.05) is 0 Å². The van der Waals surface area contributed by atoms with Crippen LogP contribution in [0.25, 0.3) is 0 Å². The second-order valence-corrected chi connectivity index (χ2v) is 1.35. The Morgan fingerprint density at radius 2 is 1.50 bits per heavy atom. The van der Waals surface area contributed by atoms with Crippen molar-refractivity contribution in [1.82, 2.24) is 0 Å². The first kappa shape index (κ1) is 1.44. The molecule has 1 N–H and O–H groups in total. The topological polar surface area (TPSA) is 20.2 Å². The maximum Gasteiger partial charge on any atom is 0.0564 e. The van der Waals surface area contributed by atoms with E-state index < -0.39 is 50.1 Å². The molecule has 1 nitrogen and oxygen atoms in total. The molecule has 0 bridgehead atoms. The Morgan fingerprint density at radius 3 is 2.00 bits per heavy atom. The molecule has 10 heavy (non-hydrogen) atoms. The molecular formula is C8H17BrO. The van der Waals surface area contributed by atoms with Crippen molar-refractivity contribution >= 4 is 15.9 Å². The highest BCUT2D eigenvalue weighted by Crippen LogP contribution is 2.05. The van der Waals surface area contributed by atoms with Crippen LogP contribution in [0.15, 0.2) is 0 Å². The SMILES string of the molecule is [2H]C([2H])(O)C([2H])([2H])C([2H])([2H])C([2H])([2H])C([2H])([2H])C([2H])([2H])C([2H])([2H])C([2H])([2H])Br. The predicted molar refractivity (Wildman–Crippen MR) is 48.6 cm³/mol. The molecule has 0 unspecified atom stereocenters. The number of halogens is 1. The Balaban J connectivity index is 6.61. The minimum atomic E-state index is -4.27. The Kier molecular flexibility index (Phi) is 1.36. The number of hydrogen-bond acceptors (Lipinski definition) is 1. The van der Waals surface area contributed by atoms with E-state index >= 15 is 0 Å². The molecule has 0 spiro atoms. The van der Waals surface area contributed by atoms with E-state index in [4.69, 9.17) is 21.9 Å². The molecule has 0 saturated heterocycles. The molecule has 0 aromatic rings. The van der Waals surface area contributed by atoms with Crippen LogP contribution in [0.3, 0.4) is 0 Å². The average Bonchev–Trinajstić information content (AvgIpc) is 2.34. The molecule has 0 saturated carbocycles. The summed E-state index contributed by atoms with van der Waals surface area (Å²) in [7, 11) is 0. The fourth-order valence-corrected chi connectivity index (χ4v) is 0.276. The molecule has 0 aliphatic rings. The molecular weight excluding hydrogens is 192 g/mol. The fraction of sp³-hybridized carbons (Fsp3) is 1.00. The largest absolute Gasteiger partial charge is 0.396 e. The summed E-state index contributed by atoms with van der Waals surface area (Å²) in [4.78, 5) is 0. The van der Waals surface area contributed by atoms with Gasteiger partial charge in [-0.1, -0.05) is 41.4 Å². The summed E-state index contributed by atoms with van der Waals surface area (Å²) in [6.45, 7) is -4.00. The Labute approximate surface area is 94.4 Å². The van der Waals surface area contributed by atoms with Crippen molar-refractivity contribution in [3.05, 3.63) is 0 Å². The number of hydrogen-bond donors (Lipinski definition) is 1. The molecule has 0 rings (SSSR count). The van der Waals surface area contributed by atoms with Gasteiger partial charge in [0.1, 0.15) is 0 Å². The maximum absolute atomic E-state index is 9.20. The molecule has 0 heterocycles. The highest BCUT2D eigenvalue weighted by molar-refractivity contribution is 9.09. The van der Waals surface area contributed by atoms with Crippen LogP contribution in [0.4, 0.5) is 0 Å². The first-order chi connectivity index (χ1) is 10.8. The third-order valence-corrected chi connectivity index (χ3v) is 0.614. The highest BCUT2D eigenvalue weighted by atomic mass is 79.9. The molecule has 0 amide bonds. The van der Waals surface area contributed by atoms with Gasteiger partial charge in [0.25, 0.3) is 0 Å². The van der Waals surface area contributed by atoms with Crippen molar-refractivity contribution in [3.63, 3.8) is 0 Å². The van der Waals surface area contributed by atoms with Gasteiger partial charge >= 0.3 is 0 Å². The van der Waals surface area contributed by atoms with Crippen LogP contribution >= 0.6 is 15.9 Å². The second-order valence-electron chi connectivity index (χ2n) is 0.956. The lowest BCUT2D eigenvalue weighted by molar-refractivity contribution is 0.282. The van der Waals surface area contributed by atoms with Gasteiger partial charge in [0.15, 0.2) is 0 Å². The minimum absolute atomic E-state index is 2.18.